The van der Waals surface area contributed by atoms with Gasteiger partial charge in [0.1, 0.15) is 23.4 Å². The number of carbonyl (C=O) groups is 9. The third-order valence-electron chi connectivity index (χ3n) is 13.6. The number of hydrogen-bond acceptors (Lipinski definition) is 24. The Bertz CT molecular complexity index is 3370. The Morgan fingerprint density at radius 2 is 1.25 bits per heavy atom. The number of nitrogens with one attached hydrogen (secondary N) is 7. The van der Waals surface area contributed by atoms with E-state index >= 15 is 0 Å². The molecule has 2 heterocycles. The van der Waals surface area contributed by atoms with Crippen LogP contribution in [0.25, 0.3) is 10.9 Å². The molecule has 4 aromatic rings. The first-order valence-electron chi connectivity index (χ1n) is 30.5. The van der Waals surface area contributed by atoms with Crippen molar-refractivity contribution in [1.29, 1.82) is 0 Å². The molecule has 2 aromatic heterocycles. The van der Waals surface area contributed by atoms with Crippen LogP contribution in [0.3, 0.4) is 0 Å². The van der Waals surface area contributed by atoms with Gasteiger partial charge in [-0.1, -0.05) is 13.0 Å². The minimum absolute atomic E-state index is 0.0897. The number of pyridine rings is 1. The monoisotopic (exact) mass is 1410 g/mol. The Balaban J connectivity index is 0.000000559. The average Bonchev–Trinajstić information content (AvgIpc) is 1.36. The van der Waals surface area contributed by atoms with Crippen molar-refractivity contribution in [3.05, 3.63) is 81.4 Å². The van der Waals surface area contributed by atoms with Crippen LogP contribution in [0.4, 0.5) is 5.95 Å². The highest BCUT2D eigenvalue weighted by atomic mass is 32.3. The van der Waals surface area contributed by atoms with Gasteiger partial charge in [0.05, 0.1) is 92.8 Å². The number of carbonyl (C=O) groups excluding carboxylic acids is 4. The summed E-state index contributed by atoms with van der Waals surface area (Å²) in [6.07, 6.45) is 6.94. The summed E-state index contributed by atoms with van der Waals surface area (Å²) < 4.78 is 80.7. The van der Waals surface area contributed by atoms with E-state index < -0.39 is 131 Å². The number of sulfonamides is 1. The van der Waals surface area contributed by atoms with Crippen molar-refractivity contribution in [2.45, 2.75) is 76.9 Å². The number of carboxylic acids is 5. The van der Waals surface area contributed by atoms with E-state index in [4.69, 9.17) is 29.2 Å². The van der Waals surface area contributed by atoms with Crippen LogP contribution in [0.5, 0.6) is 5.75 Å². The fourth-order valence-electron chi connectivity index (χ4n) is 9.26. The molecule has 2 atom stereocenters. The summed E-state index contributed by atoms with van der Waals surface area (Å²) >= 11 is 0. The molecule has 0 aliphatic carbocycles. The number of ether oxygens (including phenoxy) is 4. The van der Waals surface area contributed by atoms with Crippen LogP contribution in [-0.4, -0.2) is 273 Å². The number of aryl methyl sites for hydroxylation is 3. The number of aromatic amines is 1. The maximum Gasteiger partial charge on any atom is 0.323 e. The molecule has 0 aliphatic heterocycles. The number of nitrogens with zero attached hydrogens (tertiary/aromatic N) is 5. The molecule has 4 amide bonds. The zero-order valence-electron chi connectivity index (χ0n) is 54.6. The maximum atomic E-state index is 13.5. The van der Waals surface area contributed by atoms with E-state index in [9.17, 15) is 85.3 Å². The molecular formula is C59H90N12O24S2. The highest BCUT2D eigenvalue weighted by Crippen LogP contribution is 2.33. The highest BCUT2D eigenvalue weighted by molar-refractivity contribution is 8.19. The number of anilines is 1. The van der Waals surface area contributed by atoms with E-state index in [2.05, 4.69) is 41.3 Å². The van der Waals surface area contributed by atoms with Crippen molar-refractivity contribution in [2.75, 3.05) is 136 Å². The molecule has 0 spiro atoms. The molecule has 0 saturated heterocycles. The largest absolute Gasteiger partial charge is 0.494 e. The summed E-state index contributed by atoms with van der Waals surface area (Å²) in [5.74, 6) is -9.34. The number of aliphatic carboxylic acids is 5. The Morgan fingerprint density at radius 3 is 1.79 bits per heavy atom. The van der Waals surface area contributed by atoms with E-state index in [0.717, 1.165) is 28.4 Å². The molecule has 2 aromatic carbocycles. The predicted molar refractivity (Wildman–Crippen MR) is 351 cm³/mol. The minimum atomic E-state index is -4.41. The number of hydrogen-bond donors (Lipinski definition) is 15. The first-order chi connectivity index (χ1) is 45.8. The second kappa shape index (κ2) is 43.0. The zero-order chi connectivity index (χ0) is 72.3. The van der Waals surface area contributed by atoms with Gasteiger partial charge < -0.3 is 94.3 Å². The number of fused-ring (bicyclic) bond motifs is 1. The van der Waals surface area contributed by atoms with Gasteiger partial charge in [0.2, 0.25) is 33.2 Å². The van der Waals surface area contributed by atoms with Crippen molar-refractivity contribution in [2.24, 2.45) is 7.05 Å². The van der Waals surface area contributed by atoms with Gasteiger partial charge in [-0.05, 0) is 81.0 Å². The molecule has 1 unspecified atom stereocenters. The number of likely N-dealkylation sites (N-methyl/N-ethyl adjacent to an activating group) is 1. The second-order valence-corrected chi connectivity index (χ2v) is 25.1. The highest BCUT2D eigenvalue weighted by Gasteiger charge is 2.31. The van der Waals surface area contributed by atoms with Crippen LogP contribution in [0, 0.1) is 13.8 Å². The molecule has 97 heavy (non-hydrogen) atoms. The normalized spacial score (nSPS) is 12.3. The number of rotatable bonds is 48. The second-order valence-electron chi connectivity index (χ2n) is 21.8. The molecule has 0 saturated carbocycles. The smallest absolute Gasteiger partial charge is 0.323 e. The van der Waals surface area contributed by atoms with E-state index in [0.29, 0.717) is 87.3 Å². The van der Waals surface area contributed by atoms with Gasteiger partial charge in [0.25, 0.3) is 5.91 Å². The zero-order valence-corrected chi connectivity index (χ0v) is 56.2. The fourth-order valence-corrected chi connectivity index (χ4v) is 11.6. The summed E-state index contributed by atoms with van der Waals surface area (Å²) in [4.78, 5) is 130. The first kappa shape index (κ1) is 82.8. The molecule has 15 N–H and O–H groups in total. The molecule has 36 nitrogen and oxygen atoms in total. The lowest BCUT2D eigenvalue weighted by atomic mass is 10.1. The van der Waals surface area contributed by atoms with Gasteiger partial charge >= 0.3 is 29.8 Å². The Labute approximate surface area is 561 Å². The molecule has 0 radical (unpaired) electrons. The molecular weight excluding hydrogens is 1320 g/mol. The lowest BCUT2D eigenvalue weighted by molar-refractivity contribution is -0.143. The number of carboxylic acid groups (broad SMARTS) is 5. The van der Waals surface area contributed by atoms with E-state index in [1.54, 1.807) is 63.0 Å². The third-order valence-corrected chi connectivity index (χ3v) is 16.1. The van der Waals surface area contributed by atoms with E-state index in [1.807, 2.05) is 6.92 Å². The van der Waals surface area contributed by atoms with E-state index in [1.165, 1.54) is 23.2 Å². The number of imidazole rings is 1. The number of amides is 4. The van der Waals surface area contributed by atoms with Gasteiger partial charge in [0.15, 0.2) is 5.95 Å². The SMILES string of the molecule is CCCOCCOCCOCCCNC(=O)CCCOc1cc(C)c(S(=O)(=O)NC(CNC(=O)c2cn(C)c3cc(CNc4ncc[nH]4)ccc3c2=O)C(=O)O)c(C)c1.CCNC(=O)[C@@H](CS(O)(O)O)NC(=O)CN(CCN(CCN(CC(=O)O)CC(=O)O)CC(=O)O)CC(=O)O. The quantitative estimate of drug-likeness (QED) is 0.0256. The van der Waals surface area contributed by atoms with Crippen LogP contribution >= 0.6 is 10.9 Å². The lowest BCUT2D eigenvalue weighted by Crippen LogP contribution is -2.53. The van der Waals surface area contributed by atoms with Crippen molar-refractivity contribution >= 4 is 91.2 Å². The van der Waals surface area contributed by atoms with Crippen molar-refractivity contribution in [3.63, 3.8) is 0 Å². The first-order valence-corrected chi connectivity index (χ1v) is 33.7. The van der Waals surface area contributed by atoms with Gasteiger partial charge in [0, 0.05) is 103 Å². The van der Waals surface area contributed by atoms with Gasteiger partial charge in [-0.25, -0.2) is 13.4 Å². The minimum Gasteiger partial charge on any atom is -0.494 e. The molecule has 0 bridgehead atoms. The summed E-state index contributed by atoms with van der Waals surface area (Å²) in [6, 6.07) is 4.88. The molecule has 0 aliphatic rings. The number of H-pyrrole nitrogens is 1. The van der Waals surface area contributed by atoms with Gasteiger partial charge in [-0.15, -0.1) is 0 Å². The van der Waals surface area contributed by atoms with Crippen molar-refractivity contribution < 1.29 is 110 Å². The average molecular weight is 1420 g/mol. The Morgan fingerprint density at radius 1 is 0.680 bits per heavy atom. The molecule has 0 fully saturated rings. The molecule has 542 valence electrons. The predicted octanol–water partition coefficient (Wildman–Crippen LogP) is -0.148. The summed E-state index contributed by atoms with van der Waals surface area (Å²) in [5.41, 5.74) is 1.23. The standard InChI is InChI=1S/C40H55N7O11S.C19H35N5O13S/c1-5-14-55-17-19-57-20-18-56-15-7-11-41-35(48)8-6-16-58-30-21-27(2)37(28(3)22-30)59(53,54)46-33(39(51)52)25-44-38(50)32-26-47(4)34-23-29(9-10-31(34)36(32)49)24-45-40-42-12-13-43-40;1-2-20-19(34)13(12-38(35,36)37)21-14(25)7-23(9-16(28)29)5-3-22(8-15(26)27)4-6-24(10-17(30)31)11-18(32)33/h9-10,12-13,21-23,26,33,46H,5-8,11,14-20,24-25H2,1-4H3,(H,41,48)(H,44,50)(H,51,52)(H2,42,43,45);13,35-37H,2-12H2,1H3,(H,20,34)(H,21,25)(H,26,27)(H,28,29)(H,30,31)(H,32,33)/t;13-/m.1/s1. The van der Waals surface area contributed by atoms with Crippen molar-refractivity contribution in [1.82, 2.24) is 55.2 Å². The third kappa shape index (κ3) is 32.9. The molecule has 38 heteroatoms. The Kier molecular flexibility index (Phi) is 36.7. The summed E-state index contributed by atoms with van der Waals surface area (Å²) in [6.45, 7) is 7.04. The van der Waals surface area contributed by atoms with Crippen LogP contribution < -0.4 is 41.5 Å². The van der Waals surface area contributed by atoms with Crippen LogP contribution in [0.2, 0.25) is 0 Å². The lowest BCUT2D eigenvalue weighted by Gasteiger charge is -2.28. The van der Waals surface area contributed by atoms with Gasteiger partial charge in [-0.2, -0.15) is 4.72 Å². The van der Waals surface area contributed by atoms with Crippen LogP contribution in [0.15, 0.2) is 58.6 Å². The Hall–Kier alpha value is -8.41. The van der Waals surface area contributed by atoms with Crippen LogP contribution in [-0.2, 0) is 76.2 Å². The number of aromatic nitrogens is 3. The summed E-state index contributed by atoms with van der Waals surface area (Å²) in [7, 11) is -6.90. The fraction of sp³-hybridized carbons (Fsp3) is 0.542. The van der Waals surface area contributed by atoms with Crippen molar-refractivity contribution in [3.8, 4) is 5.75 Å². The topological polar surface area (TPSA) is 519 Å². The summed E-state index contributed by atoms with van der Waals surface area (Å²) in [5, 5.41) is 59.3. The van der Waals surface area contributed by atoms with E-state index in [-0.39, 0.29) is 67.5 Å². The molecule has 4 rings (SSSR count). The maximum absolute atomic E-state index is 13.5. The number of benzene rings is 2. The van der Waals surface area contributed by atoms with Crippen LogP contribution in [0.1, 0.15) is 66.6 Å². The van der Waals surface area contributed by atoms with Gasteiger partial charge in [-0.3, -0.25) is 62.6 Å².